The first-order valence-electron chi connectivity index (χ1n) is 13.3. The lowest BCUT2D eigenvalue weighted by atomic mass is 9.88. The molecule has 1 aliphatic rings. The SMILES string of the molecule is CC[N+](CC)(CC)C1CC(=O)N1C(C(=O)OCc1ccc([N+](=O)[O-])cc1)=C([O-])C(CC(C)(C)C)O[SiH](C)C. The Kier molecular flexibility index (Phi) is 10.6. The van der Waals surface area contributed by atoms with Gasteiger partial charge >= 0.3 is 5.97 Å². The van der Waals surface area contributed by atoms with Gasteiger partial charge in [0, 0.05) is 12.1 Å². The highest BCUT2D eigenvalue weighted by atomic mass is 28.3. The van der Waals surface area contributed by atoms with Gasteiger partial charge in [-0.1, -0.05) is 26.5 Å². The van der Waals surface area contributed by atoms with Crippen molar-refractivity contribution in [2.75, 3.05) is 19.6 Å². The number of hydrogen-bond acceptors (Lipinski definition) is 7. The van der Waals surface area contributed by atoms with Gasteiger partial charge < -0.3 is 18.8 Å². The van der Waals surface area contributed by atoms with Crippen molar-refractivity contribution in [3.05, 3.63) is 51.4 Å². The van der Waals surface area contributed by atoms with Crippen molar-refractivity contribution in [1.82, 2.24) is 4.90 Å². The molecule has 0 aromatic heterocycles. The monoisotopic (exact) mass is 549 g/mol. The molecule has 0 radical (unpaired) electrons. The van der Waals surface area contributed by atoms with Crippen LogP contribution in [0.5, 0.6) is 0 Å². The molecular formula is C27H43N3O7Si. The van der Waals surface area contributed by atoms with Crippen LogP contribution in [0.4, 0.5) is 5.69 Å². The molecular weight excluding hydrogens is 506 g/mol. The van der Waals surface area contributed by atoms with E-state index in [1.807, 2.05) is 54.6 Å². The summed E-state index contributed by atoms with van der Waals surface area (Å²) < 4.78 is 12.2. The molecule has 0 spiro atoms. The first-order chi connectivity index (χ1) is 17.7. The fourth-order valence-corrected chi connectivity index (χ4v) is 5.78. The van der Waals surface area contributed by atoms with Gasteiger partial charge in [0.25, 0.3) is 5.69 Å². The summed E-state index contributed by atoms with van der Waals surface area (Å²) in [5, 5.41) is 25.0. The van der Waals surface area contributed by atoms with Crippen molar-refractivity contribution >= 4 is 26.6 Å². The average molecular weight is 550 g/mol. The van der Waals surface area contributed by atoms with Gasteiger partial charge in [-0.05, 0) is 63.4 Å². The summed E-state index contributed by atoms with van der Waals surface area (Å²) in [5.41, 5.74) is -0.0920. The maximum absolute atomic E-state index is 14.0. The number of ether oxygens (including phenoxy) is 1. The highest BCUT2D eigenvalue weighted by Gasteiger charge is 2.52. The van der Waals surface area contributed by atoms with Crippen LogP contribution in [0.2, 0.25) is 13.1 Å². The normalized spacial score (nSPS) is 17.7. The van der Waals surface area contributed by atoms with Crippen LogP contribution >= 0.6 is 0 Å². The summed E-state index contributed by atoms with van der Waals surface area (Å²) in [6, 6.07) is 5.63. The van der Waals surface area contributed by atoms with Gasteiger partial charge in [0.1, 0.15) is 18.7 Å². The summed E-state index contributed by atoms with van der Waals surface area (Å²) in [4.78, 5) is 38.4. The maximum Gasteiger partial charge on any atom is 0.354 e. The van der Waals surface area contributed by atoms with E-state index in [0.717, 1.165) is 19.6 Å². The minimum Gasteiger partial charge on any atom is -0.872 e. The van der Waals surface area contributed by atoms with E-state index in [0.29, 0.717) is 16.5 Å². The van der Waals surface area contributed by atoms with Gasteiger partial charge in [0.05, 0.1) is 30.7 Å². The molecule has 0 aliphatic carbocycles. The number of nitrogens with zero attached hydrogens (tertiary/aromatic N) is 3. The molecule has 0 N–H and O–H groups in total. The largest absolute Gasteiger partial charge is 0.872 e. The molecule has 38 heavy (non-hydrogen) atoms. The van der Waals surface area contributed by atoms with E-state index in [2.05, 4.69) is 0 Å². The van der Waals surface area contributed by atoms with Crippen LogP contribution in [0.25, 0.3) is 0 Å². The molecule has 2 unspecified atom stereocenters. The van der Waals surface area contributed by atoms with Gasteiger partial charge in [-0.15, -0.1) is 0 Å². The Bertz CT molecular complexity index is 1020. The molecule has 1 fully saturated rings. The molecule has 1 saturated heterocycles. The Labute approximate surface area is 227 Å². The van der Waals surface area contributed by atoms with Crippen LogP contribution < -0.4 is 5.11 Å². The molecule has 0 bridgehead atoms. The molecule has 212 valence electrons. The van der Waals surface area contributed by atoms with Crippen molar-refractivity contribution < 1.29 is 33.3 Å². The summed E-state index contributed by atoms with van der Waals surface area (Å²) in [5.74, 6) is -1.71. The standard InChI is InChI=1S/C27H43N3O7Si/c1-9-30(10-2,11-3)22-16-23(31)28(22)24(25(32)21(37-38(7)8)17-27(4,5)6)26(33)36-18-19-12-14-20(15-13-19)29(34)35/h12-15,21-22,38H,9-11,16-18H2,1-8H3. The van der Waals surface area contributed by atoms with Gasteiger partial charge in [-0.25, -0.2) is 4.79 Å². The molecule has 1 aromatic rings. The zero-order chi connectivity index (χ0) is 28.8. The Morgan fingerprint density at radius 2 is 1.71 bits per heavy atom. The Balaban J connectivity index is 2.53. The number of nitro benzene ring substituents is 1. The van der Waals surface area contributed by atoms with Gasteiger partial charge in [-0.2, -0.15) is 0 Å². The number of rotatable bonds is 13. The summed E-state index contributed by atoms with van der Waals surface area (Å²) in [7, 11) is -1.68. The van der Waals surface area contributed by atoms with Gasteiger partial charge in [-0.3, -0.25) is 19.8 Å². The third-order valence-corrected chi connectivity index (χ3v) is 8.03. The van der Waals surface area contributed by atoms with Crippen LogP contribution in [0.1, 0.15) is 59.9 Å². The third kappa shape index (κ3) is 7.42. The fraction of sp³-hybridized carbons (Fsp3) is 0.630. The number of nitro groups is 1. The van der Waals surface area contributed by atoms with Gasteiger partial charge in [0.15, 0.2) is 15.2 Å². The first kappa shape index (κ1) is 31.5. The second kappa shape index (κ2) is 12.9. The van der Waals surface area contributed by atoms with E-state index in [-0.39, 0.29) is 41.9 Å². The number of esters is 1. The molecule has 1 heterocycles. The van der Waals surface area contributed by atoms with Crippen LogP contribution in [-0.2, 0) is 25.4 Å². The average Bonchev–Trinajstić information content (AvgIpc) is 2.84. The lowest BCUT2D eigenvalue weighted by Gasteiger charge is -2.53. The molecule has 0 saturated carbocycles. The number of carbonyl (C=O) groups excluding carboxylic acids is 2. The van der Waals surface area contributed by atoms with Crippen molar-refractivity contribution in [1.29, 1.82) is 0 Å². The number of β-lactam (4-membered cyclic amide) rings is 1. The molecule has 1 aromatic carbocycles. The van der Waals surface area contributed by atoms with E-state index >= 15 is 0 Å². The summed E-state index contributed by atoms with van der Waals surface area (Å²) >= 11 is 0. The quantitative estimate of drug-likeness (QED) is 0.0540. The number of amides is 1. The minimum absolute atomic E-state index is 0.0793. The van der Waals surface area contributed by atoms with E-state index in [4.69, 9.17) is 9.16 Å². The number of hydrogen-bond donors (Lipinski definition) is 0. The van der Waals surface area contributed by atoms with E-state index in [1.54, 1.807) is 0 Å². The van der Waals surface area contributed by atoms with Crippen molar-refractivity contribution in [2.45, 2.75) is 86.4 Å². The second-order valence-corrected chi connectivity index (χ2v) is 13.6. The topological polar surface area (TPSA) is 122 Å². The second-order valence-electron chi connectivity index (χ2n) is 11.3. The Morgan fingerprint density at radius 3 is 2.13 bits per heavy atom. The van der Waals surface area contributed by atoms with Gasteiger partial charge in [0.2, 0.25) is 5.91 Å². The fourth-order valence-electron chi connectivity index (χ4n) is 4.90. The predicted molar refractivity (Wildman–Crippen MR) is 145 cm³/mol. The Morgan fingerprint density at radius 1 is 1.16 bits per heavy atom. The highest BCUT2D eigenvalue weighted by molar-refractivity contribution is 6.48. The Hall–Kier alpha value is -2.76. The third-order valence-electron chi connectivity index (χ3n) is 7.16. The van der Waals surface area contributed by atoms with Crippen LogP contribution in [0, 0.1) is 15.5 Å². The smallest absolute Gasteiger partial charge is 0.354 e. The van der Waals surface area contributed by atoms with Crippen LogP contribution in [-0.4, -0.2) is 67.1 Å². The van der Waals surface area contributed by atoms with Crippen molar-refractivity contribution in [2.24, 2.45) is 5.41 Å². The zero-order valence-electron chi connectivity index (χ0n) is 24.0. The lowest BCUT2D eigenvalue weighted by molar-refractivity contribution is -0.958. The number of likely N-dealkylation sites (tertiary alicyclic amines) is 1. The minimum atomic E-state index is -1.68. The van der Waals surface area contributed by atoms with E-state index < -0.39 is 31.8 Å². The van der Waals surface area contributed by atoms with E-state index in [1.165, 1.54) is 29.2 Å². The predicted octanol–water partition coefficient (Wildman–Crippen LogP) is 3.45. The van der Waals surface area contributed by atoms with E-state index in [9.17, 15) is 24.8 Å². The number of non-ortho nitro benzene ring substituents is 1. The molecule has 10 nitrogen and oxygen atoms in total. The molecule has 2 atom stereocenters. The molecule has 1 amide bonds. The number of quaternary nitrogens is 1. The highest BCUT2D eigenvalue weighted by Crippen LogP contribution is 2.36. The zero-order valence-corrected chi connectivity index (χ0v) is 25.1. The van der Waals surface area contributed by atoms with Crippen molar-refractivity contribution in [3.8, 4) is 0 Å². The summed E-state index contributed by atoms with van der Waals surface area (Å²) in [6.45, 7) is 18.0. The molecule has 2 rings (SSSR count). The lowest BCUT2D eigenvalue weighted by Crippen LogP contribution is -2.70. The van der Waals surface area contributed by atoms with Crippen LogP contribution in [0.15, 0.2) is 35.7 Å². The summed E-state index contributed by atoms with van der Waals surface area (Å²) in [6.07, 6.45) is -0.589. The van der Waals surface area contributed by atoms with Crippen LogP contribution in [0.3, 0.4) is 0 Å². The maximum atomic E-state index is 14.0. The number of benzene rings is 1. The molecule has 11 heteroatoms. The number of carbonyl (C=O) groups is 2. The molecule has 1 aliphatic heterocycles. The van der Waals surface area contributed by atoms with Crippen molar-refractivity contribution in [3.63, 3.8) is 0 Å². The first-order valence-corrected chi connectivity index (χ1v) is 16.1.